The monoisotopic (exact) mass is 519 g/mol. The Kier molecular flexibility index (Phi) is 8.18. The van der Waals surface area contributed by atoms with Gasteiger partial charge in [0, 0.05) is 21.0 Å². The van der Waals surface area contributed by atoms with Crippen LogP contribution in [-0.2, 0) is 4.79 Å². The van der Waals surface area contributed by atoms with E-state index in [9.17, 15) is 14.0 Å². The smallest absolute Gasteiger partial charge is 0.258 e. The number of nitrogens with one attached hydrogen (secondary N) is 2. The molecule has 0 saturated heterocycles. The third kappa shape index (κ3) is 6.19. The molecule has 184 valence electrons. The lowest BCUT2D eigenvalue weighted by atomic mass is 10.1. The van der Waals surface area contributed by atoms with E-state index >= 15 is 0 Å². The highest BCUT2D eigenvalue weighted by Gasteiger charge is 2.21. The third-order valence-electron chi connectivity index (χ3n) is 5.50. The number of rotatable bonds is 8. The molecule has 8 heteroatoms. The van der Waals surface area contributed by atoms with Crippen molar-refractivity contribution in [2.75, 3.05) is 10.6 Å². The molecule has 36 heavy (non-hydrogen) atoms. The predicted octanol–water partition coefficient (Wildman–Crippen LogP) is 7.33. The van der Waals surface area contributed by atoms with Gasteiger partial charge in [-0.15, -0.1) is 23.1 Å². The highest BCUT2D eigenvalue weighted by Crippen LogP contribution is 2.32. The summed E-state index contributed by atoms with van der Waals surface area (Å²) < 4.78 is 13.9. The average Bonchev–Trinajstić information content (AvgIpc) is 3.23. The minimum Gasteiger partial charge on any atom is -0.322 e. The summed E-state index contributed by atoms with van der Waals surface area (Å²) in [5.74, 6) is -1.23. The van der Waals surface area contributed by atoms with E-state index in [0.29, 0.717) is 17.2 Å². The quantitative estimate of drug-likeness (QED) is 0.239. The number of hydrogen-bond donors (Lipinski definition) is 2. The van der Waals surface area contributed by atoms with Gasteiger partial charge in [0.15, 0.2) is 5.13 Å². The molecule has 0 radical (unpaired) electrons. The minimum absolute atomic E-state index is 0.0230. The first-order valence-corrected chi connectivity index (χ1v) is 13.2. The van der Waals surface area contributed by atoms with Crippen LogP contribution in [0.2, 0.25) is 0 Å². The zero-order valence-corrected chi connectivity index (χ0v) is 21.8. The van der Waals surface area contributed by atoms with Crippen LogP contribution in [0.15, 0.2) is 77.7 Å². The number of thioether (sulfide) groups is 1. The van der Waals surface area contributed by atoms with Crippen LogP contribution in [0.5, 0.6) is 0 Å². The van der Waals surface area contributed by atoms with Crippen LogP contribution in [0.4, 0.5) is 15.2 Å². The number of carbonyl (C=O) groups is 2. The number of benzene rings is 3. The van der Waals surface area contributed by atoms with Crippen LogP contribution in [0, 0.1) is 19.7 Å². The summed E-state index contributed by atoms with van der Waals surface area (Å²) >= 11 is 2.86. The molecular weight excluding hydrogens is 493 g/mol. The van der Waals surface area contributed by atoms with Crippen molar-refractivity contribution in [3.05, 3.63) is 94.6 Å². The molecule has 0 aliphatic heterocycles. The molecule has 4 rings (SSSR count). The van der Waals surface area contributed by atoms with Gasteiger partial charge in [-0.05, 0) is 50.6 Å². The summed E-state index contributed by atoms with van der Waals surface area (Å²) in [6.45, 7) is 5.99. The minimum atomic E-state index is -0.578. The van der Waals surface area contributed by atoms with Crippen molar-refractivity contribution in [1.29, 1.82) is 0 Å². The van der Waals surface area contributed by atoms with Crippen molar-refractivity contribution in [2.24, 2.45) is 0 Å². The Labute approximate surface area is 218 Å². The molecular formula is C28H26FN3O2S2. The van der Waals surface area contributed by atoms with Crippen molar-refractivity contribution in [2.45, 2.75) is 37.3 Å². The molecule has 0 spiro atoms. The van der Waals surface area contributed by atoms with Crippen molar-refractivity contribution < 1.29 is 14.0 Å². The van der Waals surface area contributed by atoms with Crippen molar-refractivity contribution in [1.82, 2.24) is 4.98 Å². The average molecular weight is 520 g/mol. The van der Waals surface area contributed by atoms with E-state index in [4.69, 9.17) is 0 Å². The van der Waals surface area contributed by atoms with Gasteiger partial charge < -0.3 is 10.6 Å². The fourth-order valence-electron chi connectivity index (χ4n) is 3.59. The number of hydrogen-bond acceptors (Lipinski definition) is 5. The Morgan fingerprint density at radius 3 is 2.47 bits per heavy atom. The molecule has 3 aromatic carbocycles. The molecule has 1 atom stereocenters. The topological polar surface area (TPSA) is 71.1 Å². The highest BCUT2D eigenvalue weighted by molar-refractivity contribution is 8.00. The van der Waals surface area contributed by atoms with Gasteiger partial charge >= 0.3 is 0 Å². The Morgan fingerprint density at radius 1 is 1.00 bits per heavy atom. The lowest BCUT2D eigenvalue weighted by Gasteiger charge is -2.14. The van der Waals surface area contributed by atoms with E-state index in [1.54, 1.807) is 24.3 Å². The van der Waals surface area contributed by atoms with E-state index in [1.165, 1.54) is 46.9 Å². The molecule has 0 fully saturated rings. The number of carbonyl (C=O) groups excluding carboxylic acids is 2. The largest absolute Gasteiger partial charge is 0.322 e. The first-order valence-electron chi connectivity index (χ1n) is 11.5. The summed E-state index contributed by atoms with van der Waals surface area (Å²) in [5, 5.41) is 5.91. The molecule has 1 aromatic heterocycles. The van der Waals surface area contributed by atoms with Crippen LogP contribution in [0.1, 0.15) is 34.1 Å². The first kappa shape index (κ1) is 25.6. The number of halogens is 1. The fourth-order valence-corrected chi connectivity index (χ4v) is 5.44. The zero-order chi connectivity index (χ0) is 25.7. The maximum atomic E-state index is 13.9. The van der Waals surface area contributed by atoms with Gasteiger partial charge in [0.25, 0.3) is 5.91 Å². The third-order valence-corrected chi connectivity index (χ3v) is 7.75. The number of aromatic nitrogens is 1. The zero-order valence-electron chi connectivity index (χ0n) is 20.2. The maximum Gasteiger partial charge on any atom is 0.258 e. The van der Waals surface area contributed by atoms with E-state index in [-0.39, 0.29) is 16.7 Å². The van der Waals surface area contributed by atoms with E-state index < -0.39 is 11.7 Å². The van der Waals surface area contributed by atoms with E-state index in [2.05, 4.69) is 15.6 Å². The molecule has 0 bridgehead atoms. The second kappa shape index (κ2) is 11.5. The second-order valence-electron chi connectivity index (χ2n) is 8.26. The normalized spacial score (nSPS) is 11.7. The van der Waals surface area contributed by atoms with Gasteiger partial charge in [-0.3, -0.25) is 9.59 Å². The molecule has 0 aliphatic rings. The summed E-state index contributed by atoms with van der Waals surface area (Å²) in [6.07, 6.45) is 0.609. The van der Waals surface area contributed by atoms with Gasteiger partial charge in [-0.1, -0.05) is 55.0 Å². The highest BCUT2D eigenvalue weighted by atomic mass is 32.2. The number of aryl methyl sites for hydroxylation is 2. The number of anilines is 2. The number of nitrogens with zero attached hydrogens (tertiary/aromatic N) is 1. The Bertz CT molecular complexity index is 1390. The van der Waals surface area contributed by atoms with Gasteiger partial charge in [0.1, 0.15) is 5.82 Å². The Balaban J connectivity index is 1.43. The summed E-state index contributed by atoms with van der Waals surface area (Å²) in [6, 6.07) is 21.2. The van der Waals surface area contributed by atoms with Crippen LogP contribution in [-0.4, -0.2) is 22.0 Å². The number of amides is 2. The van der Waals surface area contributed by atoms with Gasteiger partial charge in [-0.2, -0.15) is 0 Å². The molecule has 2 amide bonds. The molecule has 0 aliphatic carbocycles. The molecule has 5 nitrogen and oxygen atoms in total. The lowest BCUT2D eigenvalue weighted by molar-refractivity contribution is -0.115. The Hall–Kier alpha value is -3.49. The predicted molar refractivity (Wildman–Crippen MR) is 146 cm³/mol. The van der Waals surface area contributed by atoms with E-state index in [0.717, 1.165) is 21.0 Å². The molecule has 1 unspecified atom stereocenters. The van der Waals surface area contributed by atoms with Crippen molar-refractivity contribution in [3.63, 3.8) is 0 Å². The summed E-state index contributed by atoms with van der Waals surface area (Å²) in [7, 11) is 0. The maximum absolute atomic E-state index is 13.9. The molecule has 0 saturated carbocycles. The van der Waals surface area contributed by atoms with Crippen LogP contribution < -0.4 is 10.6 Å². The van der Waals surface area contributed by atoms with Gasteiger partial charge in [-0.25, -0.2) is 9.37 Å². The van der Waals surface area contributed by atoms with E-state index in [1.807, 2.05) is 51.1 Å². The summed E-state index contributed by atoms with van der Waals surface area (Å²) in [5.41, 5.74) is 3.57. The molecule has 1 heterocycles. The van der Waals surface area contributed by atoms with Gasteiger partial charge in [0.2, 0.25) is 5.91 Å². The van der Waals surface area contributed by atoms with Crippen LogP contribution >= 0.6 is 23.1 Å². The van der Waals surface area contributed by atoms with Crippen LogP contribution in [0.3, 0.4) is 0 Å². The molecule has 4 aromatic rings. The number of thiazole rings is 1. The van der Waals surface area contributed by atoms with Crippen LogP contribution in [0.25, 0.3) is 11.3 Å². The lowest BCUT2D eigenvalue weighted by Crippen LogP contribution is -2.24. The first-order chi connectivity index (χ1) is 17.3. The Morgan fingerprint density at radius 2 is 1.75 bits per heavy atom. The second-order valence-corrected chi connectivity index (χ2v) is 10.7. The SMILES string of the molecule is CCC(Sc1cccc(NC(=O)c2ccccc2F)c1)C(=O)Nc1nc(-c2ccc(C)cc2)c(C)s1. The van der Waals surface area contributed by atoms with Crippen molar-refractivity contribution >= 4 is 45.7 Å². The van der Waals surface area contributed by atoms with Crippen molar-refractivity contribution in [3.8, 4) is 11.3 Å². The summed E-state index contributed by atoms with van der Waals surface area (Å²) in [4.78, 5) is 32.0. The fraction of sp³-hybridized carbons (Fsp3) is 0.179. The molecule has 2 N–H and O–H groups in total. The standard InChI is InChI=1S/C28H26FN3O2S2/c1-4-24(27(34)32-28-31-25(18(3)35-28)19-14-12-17(2)13-15-19)36-21-9-7-8-20(16-21)30-26(33)22-10-5-6-11-23(22)29/h5-16,24H,4H2,1-3H3,(H,30,33)(H,31,32,34). The van der Waals surface area contributed by atoms with Gasteiger partial charge in [0.05, 0.1) is 16.5 Å².